The Hall–Kier alpha value is -4.18. The second-order valence-corrected chi connectivity index (χ2v) is 11.0. The van der Waals surface area contributed by atoms with Crippen molar-refractivity contribution in [2.24, 2.45) is 0 Å². The molecule has 2 aromatic heterocycles. The van der Waals surface area contributed by atoms with Crippen LogP contribution in [-0.4, -0.2) is 46.8 Å². The van der Waals surface area contributed by atoms with E-state index < -0.39 is 6.04 Å². The minimum atomic E-state index is -0.399. The molecule has 9 nitrogen and oxygen atoms in total. The fourth-order valence-corrected chi connectivity index (χ4v) is 5.92. The zero-order chi connectivity index (χ0) is 28.6. The quantitative estimate of drug-likeness (QED) is 0.219. The number of carbonyl (C=O) groups is 2. The highest BCUT2D eigenvalue weighted by atomic mass is 32.1. The largest absolute Gasteiger partial charge is 0.496 e. The number of benzene rings is 2. The summed E-state index contributed by atoms with van der Waals surface area (Å²) in [6.07, 6.45) is 7.29. The van der Waals surface area contributed by atoms with E-state index in [1.807, 2.05) is 53.2 Å². The first-order valence-corrected chi connectivity index (χ1v) is 14.8. The molecule has 1 aliphatic rings. The molecule has 1 aliphatic carbocycles. The Morgan fingerprint density at radius 1 is 1.05 bits per heavy atom. The first-order valence-electron chi connectivity index (χ1n) is 13.9. The van der Waals surface area contributed by atoms with Gasteiger partial charge in [-0.15, -0.1) is 11.3 Å². The lowest BCUT2D eigenvalue weighted by Crippen LogP contribution is -2.38. The average molecular weight is 574 g/mol. The molecule has 0 saturated heterocycles. The number of carbonyl (C=O) groups excluding carboxylic acids is 2. The molecule has 2 aromatic carbocycles. The number of hydrogen-bond donors (Lipinski definition) is 2. The Morgan fingerprint density at radius 3 is 2.44 bits per heavy atom. The normalized spacial score (nSPS) is 14.0. The maximum Gasteiger partial charge on any atom is 0.272 e. The number of methoxy groups -OCH3 is 2. The predicted octanol–water partition coefficient (Wildman–Crippen LogP) is 5.90. The summed E-state index contributed by atoms with van der Waals surface area (Å²) in [6, 6.07) is 17.3. The number of nitrogens with zero attached hydrogens (tertiary/aromatic N) is 3. The lowest BCUT2D eigenvalue weighted by Gasteiger charge is -2.18. The van der Waals surface area contributed by atoms with Gasteiger partial charge in [0.25, 0.3) is 5.91 Å². The standard InChI is InChI=1S/C31H35N5O4S/c1-39-26-13-8-14-27(40-2)29(26)25-20-24(35-36(25)23-11-6-7-12-23)30(38)33-22(16-15-21-9-4-3-5-10-21)19-28(37)34-31-32-17-18-41-31/h3-5,8-10,13-14,17-18,20,22-23H,6-7,11-12,15-16,19H2,1-2H3,(H,33,38)(H,32,34,37)/t22-/m0/s1. The first-order chi connectivity index (χ1) is 20.1. The topological polar surface area (TPSA) is 107 Å². The van der Waals surface area contributed by atoms with E-state index in [4.69, 9.17) is 14.6 Å². The first kappa shape index (κ1) is 28.4. The van der Waals surface area contributed by atoms with E-state index >= 15 is 0 Å². The molecular weight excluding hydrogens is 538 g/mol. The number of amides is 2. The Bertz CT molecular complexity index is 1430. The van der Waals surface area contributed by atoms with Gasteiger partial charge in [-0.3, -0.25) is 14.3 Å². The van der Waals surface area contributed by atoms with Crippen LogP contribution in [0.2, 0.25) is 0 Å². The van der Waals surface area contributed by atoms with Crippen molar-refractivity contribution in [3.05, 3.63) is 77.4 Å². The lowest BCUT2D eigenvalue weighted by molar-refractivity contribution is -0.116. The summed E-state index contributed by atoms with van der Waals surface area (Å²) < 4.78 is 13.3. The highest BCUT2D eigenvalue weighted by Gasteiger charge is 2.28. The molecule has 0 spiro atoms. The van der Waals surface area contributed by atoms with E-state index in [9.17, 15) is 9.59 Å². The molecule has 1 saturated carbocycles. The molecular formula is C31H35N5O4S. The van der Waals surface area contributed by atoms with E-state index in [2.05, 4.69) is 15.6 Å². The number of hydrogen-bond acceptors (Lipinski definition) is 7. The van der Waals surface area contributed by atoms with Crippen molar-refractivity contribution in [1.82, 2.24) is 20.1 Å². The predicted molar refractivity (Wildman–Crippen MR) is 160 cm³/mol. The van der Waals surface area contributed by atoms with Gasteiger partial charge in [0.2, 0.25) is 5.91 Å². The number of nitrogens with one attached hydrogen (secondary N) is 2. The number of aryl methyl sites for hydroxylation is 1. The highest BCUT2D eigenvalue weighted by molar-refractivity contribution is 7.13. The second kappa shape index (κ2) is 13.5. The van der Waals surface area contributed by atoms with Gasteiger partial charge in [-0.25, -0.2) is 4.98 Å². The molecule has 214 valence electrons. The summed E-state index contributed by atoms with van der Waals surface area (Å²) in [6.45, 7) is 0. The number of thiazole rings is 1. The maximum atomic E-state index is 13.7. The summed E-state index contributed by atoms with van der Waals surface area (Å²) in [5.74, 6) is 0.774. The van der Waals surface area contributed by atoms with Crippen molar-refractivity contribution in [3.8, 4) is 22.8 Å². The monoisotopic (exact) mass is 573 g/mol. The van der Waals surface area contributed by atoms with Crippen LogP contribution < -0.4 is 20.1 Å². The van der Waals surface area contributed by atoms with Gasteiger partial charge < -0.3 is 20.1 Å². The molecule has 1 fully saturated rings. The summed E-state index contributed by atoms with van der Waals surface area (Å²) in [5, 5.41) is 13.1. The number of rotatable bonds is 12. The van der Waals surface area contributed by atoms with E-state index in [-0.39, 0.29) is 24.3 Å². The van der Waals surface area contributed by atoms with Crippen molar-refractivity contribution in [3.63, 3.8) is 0 Å². The Kier molecular flexibility index (Phi) is 9.30. The summed E-state index contributed by atoms with van der Waals surface area (Å²) >= 11 is 1.36. The summed E-state index contributed by atoms with van der Waals surface area (Å²) in [4.78, 5) is 30.7. The molecule has 5 rings (SSSR count). The van der Waals surface area contributed by atoms with Crippen LogP contribution in [0.4, 0.5) is 5.13 Å². The van der Waals surface area contributed by atoms with Gasteiger partial charge in [0, 0.05) is 24.0 Å². The third-order valence-corrected chi connectivity index (χ3v) is 8.08. The van der Waals surface area contributed by atoms with Crippen LogP contribution in [0.15, 0.2) is 66.2 Å². The zero-order valence-electron chi connectivity index (χ0n) is 23.3. The van der Waals surface area contributed by atoms with Crippen molar-refractivity contribution in [2.75, 3.05) is 19.5 Å². The van der Waals surface area contributed by atoms with Crippen molar-refractivity contribution >= 4 is 28.3 Å². The van der Waals surface area contributed by atoms with Gasteiger partial charge in [-0.1, -0.05) is 49.2 Å². The SMILES string of the molecule is COc1cccc(OC)c1-c1cc(C(=O)N[C@@H](CCc2ccccc2)CC(=O)Nc2nccs2)nn1C1CCCC1. The third-order valence-electron chi connectivity index (χ3n) is 7.39. The van der Waals surface area contributed by atoms with Crippen molar-refractivity contribution in [1.29, 1.82) is 0 Å². The van der Waals surface area contributed by atoms with Crippen LogP contribution in [-0.2, 0) is 11.2 Å². The molecule has 0 bridgehead atoms. The number of anilines is 1. The molecule has 1 atom stereocenters. The molecule has 0 radical (unpaired) electrons. The van der Waals surface area contributed by atoms with Crippen LogP contribution in [0.3, 0.4) is 0 Å². The van der Waals surface area contributed by atoms with Crippen LogP contribution in [0.1, 0.15) is 60.6 Å². The Morgan fingerprint density at radius 2 is 1.78 bits per heavy atom. The smallest absolute Gasteiger partial charge is 0.272 e. The molecule has 41 heavy (non-hydrogen) atoms. The van der Waals surface area contributed by atoms with Crippen LogP contribution >= 0.6 is 11.3 Å². The molecule has 2 N–H and O–H groups in total. The maximum absolute atomic E-state index is 13.7. The highest BCUT2D eigenvalue weighted by Crippen LogP contribution is 2.41. The third kappa shape index (κ3) is 6.94. The van der Waals surface area contributed by atoms with Gasteiger partial charge in [0.05, 0.1) is 31.5 Å². The zero-order valence-corrected chi connectivity index (χ0v) is 24.2. The Balaban J connectivity index is 1.41. The van der Waals surface area contributed by atoms with Gasteiger partial charge in [0.15, 0.2) is 10.8 Å². The molecule has 0 unspecified atom stereocenters. The molecule has 4 aromatic rings. The Labute approximate surface area is 243 Å². The second-order valence-electron chi connectivity index (χ2n) is 10.1. The average Bonchev–Trinajstić information content (AvgIpc) is 3.78. The molecule has 2 heterocycles. The molecule has 10 heteroatoms. The van der Waals surface area contributed by atoms with Gasteiger partial charge in [-0.05, 0) is 49.4 Å². The van der Waals surface area contributed by atoms with Crippen molar-refractivity contribution in [2.45, 2.75) is 57.0 Å². The fraction of sp³-hybridized carbons (Fsp3) is 0.355. The minimum absolute atomic E-state index is 0.120. The summed E-state index contributed by atoms with van der Waals surface area (Å²) in [5.41, 5.74) is 2.98. The molecule has 0 aliphatic heterocycles. The van der Waals surface area contributed by atoms with Crippen LogP contribution in [0.25, 0.3) is 11.3 Å². The van der Waals surface area contributed by atoms with Crippen LogP contribution in [0, 0.1) is 0 Å². The van der Waals surface area contributed by atoms with Gasteiger partial charge in [-0.2, -0.15) is 5.10 Å². The van der Waals surface area contributed by atoms with E-state index in [1.165, 1.54) is 11.3 Å². The minimum Gasteiger partial charge on any atom is -0.496 e. The number of aromatic nitrogens is 3. The van der Waals surface area contributed by atoms with E-state index in [0.29, 0.717) is 28.7 Å². The lowest BCUT2D eigenvalue weighted by atomic mass is 10.0. The molecule has 2 amide bonds. The fourth-order valence-electron chi connectivity index (χ4n) is 5.37. The summed E-state index contributed by atoms with van der Waals surface area (Å²) in [7, 11) is 3.24. The van der Waals surface area contributed by atoms with Crippen molar-refractivity contribution < 1.29 is 19.1 Å². The van der Waals surface area contributed by atoms with Gasteiger partial charge >= 0.3 is 0 Å². The van der Waals surface area contributed by atoms with E-state index in [1.54, 1.807) is 31.9 Å². The van der Waals surface area contributed by atoms with E-state index in [0.717, 1.165) is 48.9 Å². The van der Waals surface area contributed by atoms with Gasteiger partial charge in [0.1, 0.15) is 11.5 Å². The van der Waals surface area contributed by atoms with Crippen LogP contribution in [0.5, 0.6) is 11.5 Å². The number of ether oxygens (including phenoxy) is 2.